The minimum atomic E-state index is -0.226. The number of carbonyl (C=O) groups excluding carboxylic acids is 1. The van der Waals surface area contributed by atoms with Crippen LogP contribution in [0.25, 0.3) is 0 Å². The van der Waals surface area contributed by atoms with E-state index >= 15 is 0 Å². The van der Waals surface area contributed by atoms with Crippen molar-refractivity contribution < 1.29 is 23.6 Å². The minimum absolute atomic E-state index is 0.117. The van der Waals surface area contributed by atoms with Gasteiger partial charge in [-0.2, -0.15) is 4.57 Å². The highest BCUT2D eigenvalue weighted by molar-refractivity contribution is 7.07. The number of amides is 1. The first-order valence-corrected chi connectivity index (χ1v) is 16.3. The predicted molar refractivity (Wildman–Crippen MR) is 168 cm³/mol. The molecule has 0 unspecified atom stereocenters. The van der Waals surface area contributed by atoms with Crippen molar-refractivity contribution in [3.05, 3.63) is 64.6 Å². The van der Waals surface area contributed by atoms with Crippen LogP contribution in [-0.4, -0.2) is 26.2 Å². The summed E-state index contributed by atoms with van der Waals surface area (Å²) in [6, 6.07) is 13.4. The average Bonchev–Trinajstić information content (AvgIpc) is 3.39. The van der Waals surface area contributed by atoms with E-state index in [1.165, 1.54) is 75.5 Å². The van der Waals surface area contributed by atoms with Crippen LogP contribution in [0.2, 0.25) is 0 Å². The maximum absolute atomic E-state index is 12.6. The number of aromatic nitrogens is 1. The van der Waals surface area contributed by atoms with Crippen LogP contribution in [0.5, 0.6) is 17.2 Å². The van der Waals surface area contributed by atoms with Crippen LogP contribution in [0.1, 0.15) is 95.2 Å². The van der Waals surface area contributed by atoms with Crippen molar-refractivity contribution >= 4 is 22.9 Å². The van der Waals surface area contributed by atoms with Gasteiger partial charge in [-0.3, -0.25) is 4.79 Å². The summed E-state index contributed by atoms with van der Waals surface area (Å²) < 4.78 is 19.7. The number of nitrogens with one attached hydrogen (secondary N) is 1. The summed E-state index contributed by atoms with van der Waals surface area (Å²) in [4.78, 5) is 12.6. The minimum Gasteiger partial charge on any atom is -0.493 e. The van der Waals surface area contributed by atoms with Crippen LogP contribution in [-0.2, 0) is 11.3 Å². The summed E-state index contributed by atoms with van der Waals surface area (Å²) in [7, 11) is 1.62. The van der Waals surface area contributed by atoms with Gasteiger partial charge in [0, 0.05) is 18.2 Å². The maximum Gasteiger partial charge on any atom is 0.262 e. The number of nitrogens with zero attached hydrogens (tertiary/aromatic N) is 1. The van der Waals surface area contributed by atoms with E-state index in [1.807, 2.05) is 42.5 Å². The Kier molecular flexibility index (Phi) is 15.1. The SMILES string of the molecule is CCCCCCCCCCCCCCOc1c(OC)cccc1OCC(=O)Nc1ccc(C[n+]2cscc2C)cc1. The molecular formula is C34H49N2O4S+. The Bertz CT molecular complexity index is 1150. The van der Waals surface area contributed by atoms with Crippen molar-refractivity contribution in [3.63, 3.8) is 0 Å². The first kappa shape index (κ1) is 32.5. The molecule has 3 rings (SSSR count). The Morgan fingerprint density at radius 3 is 2.07 bits per heavy atom. The Morgan fingerprint density at radius 1 is 0.829 bits per heavy atom. The van der Waals surface area contributed by atoms with E-state index in [-0.39, 0.29) is 12.5 Å². The van der Waals surface area contributed by atoms with E-state index in [1.54, 1.807) is 18.4 Å². The summed E-state index contributed by atoms with van der Waals surface area (Å²) in [5.74, 6) is 1.44. The highest BCUT2D eigenvalue weighted by Crippen LogP contribution is 2.37. The second kappa shape index (κ2) is 19.1. The molecule has 1 heterocycles. The largest absolute Gasteiger partial charge is 0.493 e. The second-order valence-corrected chi connectivity index (χ2v) is 11.4. The first-order valence-electron chi connectivity index (χ1n) is 15.3. The summed E-state index contributed by atoms with van der Waals surface area (Å²) in [6.45, 7) is 5.65. The van der Waals surface area contributed by atoms with Gasteiger partial charge in [-0.25, -0.2) is 0 Å². The fourth-order valence-electron chi connectivity index (χ4n) is 4.78. The number of thiazole rings is 1. The topological polar surface area (TPSA) is 60.7 Å². The van der Waals surface area contributed by atoms with Crippen molar-refractivity contribution in [1.29, 1.82) is 0 Å². The molecule has 0 aliphatic heterocycles. The van der Waals surface area contributed by atoms with Crippen LogP contribution in [0.3, 0.4) is 0 Å². The number of aryl methyl sites for hydroxylation is 1. The number of anilines is 1. The smallest absolute Gasteiger partial charge is 0.262 e. The quantitative estimate of drug-likeness (QED) is 0.101. The van der Waals surface area contributed by atoms with Crippen molar-refractivity contribution in [2.45, 2.75) is 97.4 Å². The molecule has 3 aromatic rings. The van der Waals surface area contributed by atoms with E-state index in [0.717, 1.165) is 25.1 Å². The van der Waals surface area contributed by atoms with Crippen LogP contribution >= 0.6 is 11.3 Å². The van der Waals surface area contributed by atoms with Crippen LogP contribution in [0.4, 0.5) is 5.69 Å². The third kappa shape index (κ3) is 12.1. The van der Waals surface area contributed by atoms with E-state index in [0.29, 0.717) is 23.9 Å². The van der Waals surface area contributed by atoms with E-state index in [4.69, 9.17) is 14.2 Å². The van der Waals surface area contributed by atoms with Gasteiger partial charge in [-0.05, 0) is 30.7 Å². The molecular weight excluding hydrogens is 532 g/mol. The molecule has 0 spiro atoms. The molecule has 0 aliphatic carbocycles. The van der Waals surface area contributed by atoms with Crippen LogP contribution < -0.4 is 24.1 Å². The number of para-hydroxylation sites is 1. The molecule has 0 aliphatic rings. The molecule has 0 fully saturated rings. The highest BCUT2D eigenvalue weighted by atomic mass is 32.1. The normalized spacial score (nSPS) is 10.9. The maximum atomic E-state index is 12.6. The average molecular weight is 582 g/mol. The standard InChI is InChI=1S/C34H48N2O4S/c1-4-5-6-7-8-9-10-11-12-13-14-15-23-39-34-31(38-3)17-16-18-32(34)40-25-33(37)35-30-21-19-29(20-22-30)24-36-27-41-26-28(36)2/h16-22,26-27H,4-15,23-25H2,1-3H3/p+1. The molecule has 0 saturated heterocycles. The van der Waals surface area contributed by atoms with Gasteiger partial charge in [0.25, 0.3) is 5.91 Å². The molecule has 1 amide bonds. The van der Waals surface area contributed by atoms with Gasteiger partial charge in [0.2, 0.25) is 11.3 Å². The van der Waals surface area contributed by atoms with Crippen molar-refractivity contribution in [1.82, 2.24) is 0 Å². The summed E-state index contributed by atoms with van der Waals surface area (Å²) in [5.41, 5.74) is 5.26. The van der Waals surface area contributed by atoms with Gasteiger partial charge in [-0.15, -0.1) is 0 Å². The molecule has 224 valence electrons. The fraction of sp³-hybridized carbons (Fsp3) is 0.529. The van der Waals surface area contributed by atoms with E-state index in [9.17, 15) is 4.79 Å². The van der Waals surface area contributed by atoms with Gasteiger partial charge in [0.1, 0.15) is 0 Å². The zero-order chi connectivity index (χ0) is 29.1. The van der Waals surface area contributed by atoms with E-state index in [2.05, 4.69) is 34.6 Å². The van der Waals surface area contributed by atoms with E-state index < -0.39 is 0 Å². The molecule has 41 heavy (non-hydrogen) atoms. The Balaban J connectivity index is 1.35. The van der Waals surface area contributed by atoms with Crippen molar-refractivity contribution in [2.75, 3.05) is 25.6 Å². The number of hydrogen-bond acceptors (Lipinski definition) is 5. The molecule has 0 bridgehead atoms. The first-order chi connectivity index (χ1) is 20.1. The lowest BCUT2D eigenvalue weighted by molar-refractivity contribution is -0.689. The Morgan fingerprint density at radius 2 is 1.46 bits per heavy atom. The molecule has 0 radical (unpaired) electrons. The molecule has 2 aromatic carbocycles. The number of hydrogen-bond donors (Lipinski definition) is 1. The molecule has 7 heteroatoms. The Hall–Kier alpha value is -3.06. The zero-order valence-electron chi connectivity index (χ0n) is 25.3. The van der Waals surface area contributed by atoms with Crippen LogP contribution in [0.15, 0.2) is 53.4 Å². The molecule has 1 N–H and O–H groups in total. The molecule has 6 nitrogen and oxygen atoms in total. The third-order valence-corrected chi connectivity index (χ3v) is 8.09. The Labute approximate surface area is 251 Å². The summed E-state index contributed by atoms with van der Waals surface area (Å²) >= 11 is 1.69. The number of unbranched alkanes of at least 4 members (excludes halogenated alkanes) is 11. The molecule has 0 atom stereocenters. The molecule has 0 saturated carbocycles. The number of carbonyl (C=O) groups is 1. The van der Waals surface area contributed by atoms with Crippen LogP contribution in [0, 0.1) is 6.92 Å². The fourth-order valence-corrected chi connectivity index (χ4v) is 5.56. The van der Waals surface area contributed by atoms with Gasteiger partial charge in [0.05, 0.1) is 19.1 Å². The lowest BCUT2D eigenvalue weighted by atomic mass is 10.1. The number of rotatable bonds is 21. The third-order valence-electron chi connectivity index (χ3n) is 7.24. The zero-order valence-corrected chi connectivity index (χ0v) is 26.1. The highest BCUT2D eigenvalue weighted by Gasteiger charge is 2.14. The van der Waals surface area contributed by atoms with Gasteiger partial charge >= 0.3 is 0 Å². The summed E-state index contributed by atoms with van der Waals surface area (Å²) in [6.07, 6.45) is 15.6. The van der Waals surface area contributed by atoms with Crippen molar-refractivity contribution in [2.24, 2.45) is 0 Å². The van der Waals surface area contributed by atoms with Crippen molar-refractivity contribution in [3.8, 4) is 17.2 Å². The van der Waals surface area contributed by atoms with Gasteiger partial charge in [0.15, 0.2) is 30.3 Å². The monoisotopic (exact) mass is 581 g/mol. The lowest BCUT2D eigenvalue weighted by Crippen LogP contribution is -2.34. The number of methoxy groups -OCH3 is 1. The number of ether oxygens (including phenoxy) is 3. The predicted octanol–water partition coefficient (Wildman–Crippen LogP) is 8.50. The second-order valence-electron chi connectivity index (χ2n) is 10.7. The van der Waals surface area contributed by atoms with Gasteiger partial charge < -0.3 is 19.5 Å². The number of benzene rings is 2. The summed E-state index contributed by atoms with van der Waals surface area (Å²) in [5, 5.41) is 5.04. The molecule has 1 aromatic heterocycles. The van der Waals surface area contributed by atoms with Gasteiger partial charge in [-0.1, -0.05) is 107 Å². The lowest BCUT2D eigenvalue weighted by Gasteiger charge is -2.15.